The fourth-order valence-corrected chi connectivity index (χ4v) is 1.71. The number of nitrogens with one attached hydrogen (secondary N) is 1. The van der Waals surface area contributed by atoms with Gasteiger partial charge in [0, 0.05) is 6.54 Å². The molecule has 1 aromatic carbocycles. The Kier molecular flexibility index (Phi) is 4.92. The Balaban J connectivity index is 2.03. The van der Waals surface area contributed by atoms with Crippen molar-refractivity contribution in [2.75, 3.05) is 17.7 Å². The number of anilines is 2. The first-order chi connectivity index (χ1) is 10.1. The minimum Gasteiger partial charge on any atom is -0.476 e. The van der Waals surface area contributed by atoms with E-state index >= 15 is 0 Å². The van der Waals surface area contributed by atoms with Crippen LogP contribution in [0, 0.1) is 11.6 Å². The van der Waals surface area contributed by atoms with Gasteiger partial charge < -0.3 is 15.8 Å². The number of nitrogens with two attached hydrogens (primary N) is 1. The summed E-state index contributed by atoms with van der Waals surface area (Å²) >= 11 is 0. The summed E-state index contributed by atoms with van der Waals surface area (Å²) < 4.78 is 31.4. The molecule has 1 aromatic heterocycles. The lowest BCUT2D eigenvalue weighted by molar-refractivity contribution is 0.307. The van der Waals surface area contributed by atoms with E-state index in [9.17, 15) is 8.78 Å². The Labute approximate surface area is 122 Å². The van der Waals surface area contributed by atoms with E-state index in [1.807, 2.05) is 6.92 Å². The van der Waals surface area contributed by atoms with E-state index in [0.29, 0.717) is 36.1 Å². The van der Waals surface area contributed by atoms with Crippen LogP contribution in [-0.4, -0.2) is 11.6 Å². The molecule has 0 aliphatic carbocycles. The topological polar surface area (TPSA) is 60.2 Å². The van der Waals surface area contributed by atoms with E-state index in [0.717, 1.165) is 18.6 Å². The van der Waals surface area contributed by atoms with E-state index in [4.69, 9.17) is 10.5 Å². The average Bonchev–Trinajstić information content (AvgIpc) is 2.48. The molecule has 0 saturated carbocycles. The largest absolute Gasteiger partial charge is 0.476 e. The van der Waals surface area contributed by atoms with Crippen LogP contribution in [0.2, 0.25) is 0 Å². The van der Waals surface area contributed by atoms with Crippen molar-refractivity contribution in [3.63, 3.8) is 0 Å². The number of nitrogens with zero attached hydrogens (tertiary/aromatic N) is 1. The van der Waals surface area contributed by atoms with Crippen LogP contribution < -0.4 is 15.8 Å². The molecule has 0 fully saturated rings. The highest BCUT2D eigenvalue weighted by Gasteiger charge is 2.06. The fraction of sp³-hybridized carbons (Fsp3) is 0.267. The molecule has 1 heterocycles. The first-order valence-corrected chi connectivity index (χ1v) is 6.67. The quantitative estimate of drug-likeness (QED) is 0.857. The van der Waals surface area contributed by atoms with Gasteiger partial charge in [0.15, 0.2) is 11.6 Å². The fourth-order valence-electron chi connectivity index (χ4n) is 1.71. The number of halogens is 2. The number of nitrogen functional groups attached to an aromatic ring is 1. The molecule has 3 N–H and O–H groups in total. The number of hydrogen-bond donors (Lipinski definition) is 2. The predicted octanol–water partition coefficient (Wildman–Crippen LogP) is 3.34. The molecule has 112 valence electrons. The first-order valence-electron chi connectivity index (χ1n) is 6.67. The second-order valence-electron chi connectivity index (χ2n) is 4.54. The maximum atomic E-state index is 13.1. The van der Waals surface area contributed by atoms with Crippen LogP contribution in [0.15, 0.2) is 30.3 Å². The number of pyridine rings is 1. The molecule has 0 aliphatic rings. The van der Waals surface area contributed by atoms with Crippen molar-refractivity contribution in [3.8, 4) is 5.88 Å². The maximum Gasteiger partial charge on any atom is 0.239 e. The SMILES string of the molecule is CCCOc1nc(NCc2ccc(F)c(F)c2)ccc1N. The third kappa shape index (κ3) is 4.05. The Bertz CT molecular complexity index is 620. The third-order valence-corrected chi connectivity index (χ3v) is 2.79. The summed E-state index contributed by atoms with van der Waals surface area (Å²) in [6.45, 7) is 2.84. The summed E-state index contributed by atoms with van der Waals surface area (Å²) in [6.07, 6.45) is 0.855. The van der Waals surface area contributed by atoms with Gasteiger partial charge in [0.25, 0.3) is 0 Å². The first kappa shape index (κ1) is 15.0. The predicted molar refractivity (Wildman–Crippen MR) is 78.1 cm³/mol. The van der Waals surface area contributed by atoms with Gasteiger partial charge in [-0.15, -0.1) is 0 Å². The number of hydrogen-bond acceptors (Lipinski definition) is 4. The van der Waals surface area contributed by atoms with Crippen LogP contribution in [0.25, 0.3) is 0 Å². The van der Waals surface area contributed by atoms with Crippen LogP contribution in [0.3, 0.4) is 0 Å². The molecule has 0 amide bonds. The van der Waals surface area contributed by atoms with E-state index in [2.05, 4.69) is 10.3 Å². The molecule has 2 rings (SSSR count). The van der Waals surface area contributed by atoms with Crippen LogP contribution in [0.4, 0.5) is 20.3 Å². The molecular formula is C15H17F2N3O. The van der Waals surface area contributed by atoms with Gasteiger partial charge >= 0.3 is 0 Å². The molecular weight excluding hydrogens is 276 g/mol. The molecule has 0 unspecified atom stereocenters. The summed E-state index contributed by atoms with van der Waals surface area (Å²) in [6, 6.07) is 7.14. The molecule has 21 heavy (non-hydrogen) atoms. The van der Waals surface area contributed by atoms with Crippen molar-refractivity contribution >= 4 is 11.5 Å². The van der Waals surface area contributed by atoms with E-state index < -0.39 is 11.6 Å². The van der Waals surface area contributed by atoms with Crippen LogP contribution in [0.5, 0.6) is 5.88 Å². The molecule has 0 aliphatic heterocycles. The zero-order chi connectivity index (χ0) is 15.2. The zero-order valence-corrected chi connectivity index (χ0v) is 11.7. The highest BCUT2D eigenvalue weighted by Crippen LogP contribution is 2.21. The van der Waals surface area contributed by atoms with Crippen molar-refractivity contribution in [1.82, 2.24) is 4.98 Å². The van der Waals surface area contributed by atoms with Crippen molar-refractivity contribution in [2.24, 2.45) is 0 Å². The van der Waals surface area contributed by atoms with E-state index in [1.54, 1.807) is 12.1 Å². The van der Waals surface area contributed by atoms with Gasteiger partial charge in [0.05, 0.1) is 12.3 Å². The Hall–Kier alpha value is -2.37. The number of ether oxygens (including phenoxy) is 1. The second-order valence-corrected chi connectivity index (χ2v) is 4.54. The van der Waals surface area contributed by atoms with Gasteiger partial charge in [-0.25, -0.2) is 8.78 Å². The monoisotopic (exact) mass is 293 g/mol. The van der Waals surface area contributed by atoms with Gasteiger partial charge in [-0.3, -0.25) is 0 Å². The summed E-state index contributed by atoms with van der Waals surface area (Å²) in [7, 11) is 0. The van der Waals surface area contributed by atoms with Crippen molar-refractivity contribution in [3.05, 3.63) is 47.5 Å². The molecule has 0 radical (unpaired) electrons. The molecule has 0 atom stereocenters. The Morgan fingerprint density at radius 1 is 1.19 bits per heavy atom. The average molecular weight is 293 g/mol. The summed E-state index contributed by atoms with van der Waals surface area (Å²) in [5.41, 5.74) is 6.84. The van der Waals surface area contributed by atoms with Crippen LogP contribution in [0.1, 0.15) is 18.9 Å². The molecule has 0 saturated heterocycles. The van der Waals surface area contributed by atoms with E-state index in [1.165, 1.54) is 6.07 Å². The van der Waals surface area contributed by atoms with E-state index in [-0.39, 0.29) is 0 Å². The summed E-state index contributed by atoms with van der Waals surface area (Å²) in [4.78, 5) is 4.24. The Morgan fingerprint density at radius 3 is 2.71 bits per heavy atom. The molecule has 4 nitrogen and oxygen atoms in total. The lowest BCUT2D eigenvalue weighted by Crippen LogP contribution is -2.06. The zero-order valence-electron chi connectivity index (χ0n) is 11.7. The Morgan fingerprint density at radius 2 is 2.00 bits per heavy atom. The van der Waals surface area contributed by atoms with Gasteiger partial charge in [-0.05, 0) is 36.2 Å². The minimum absolute atomic E-state index is 0.321. The second kappa shape index (κ2) is 6.88. The van der Waals surface area contributed by atoms with Crippen molar-refractivity contribution in [2.45, 2.75) is 19.9 Å². The maximum absolute atomic E-state index is 13.1. The third-order valence-electron chi connectivity index (χ3n) is 2.79. The van der Waals surface area contributed by atoms with Crippen molar-refractivity contribution < 1.29 is 13.5 Å². The number of benzene rings is 1. The summed E-state index contributed by atoms with van der Waals surface area (Å²) in [5, 5.41) is 3.02. The molecule has 0 bridgehead atoms. The standard InChI is InChI=1S/C15H17F2N3O/c1-2-7-21-15-13(18)5-6-14(20-15)19-9-10-3-4-11(16)12(17)8-10/h3-6,8H,2,7,9,18H2,1H3,(H,19,20). The summed E-state index contributed by atoms with van der Waals surface area (Å²) in [5.74, 6) is -0.807. The smallest absolute Gasteiger partial charge is 0.239 e. The molecule has 2 aromatic rings. The normalized spacial score (nSPS) is 10.4. The lowest BCUT2D eigenvalue weighted by Gasteiger charge is -2.10. The highest BCUT2D eigenvalue weighted by atomic mass is 19.2. The van der Waals surface area contributed by atoms with Crippen molar-refractivity contribution in [1.29, 1.82) is 0 Å². The van der Waals surface area contributed by atoms with Crippen LogP contribution in [-0.2, 0) is 6.54 Å². The van der Waals surface area contributed by atoms with Gasteiger partial charge in [-0.1, -0.05) is 13.0 Å². The highest BCUT2D eigenvalue weighted by molar-refractivity contribution is 5.53. The number of aromatic nitrogens is 1. The molecule has 6 heteroatoms. The van der Waals surface area contributed by atoms with Gasteiger partial charge in [0.2, 0.25) is 5.88 Å². The molecule has 0 spiro atoms. The lowest BCUT2D eigenvalue weighted by atomic mass is 10.2. The van der Waals surface area contributed by atoms with Gasteiger partial charge in [-0.2, -0.15) is 4.98 Å². The minimum atomic E-state index is -0.869. The number of rotatable bonds is 6. The van der Waals surface area contributed by atoms with Crippen LogP contribution >= 0.6 is 0 Å². The van der Waals surface area contributed by atoms with Gasteiger partial charge in [0.1, 0.15) is 5.82 Å².